The van der Waals surface area contributed by atoms with Gasteiger partial charge in [-0.3, -0.25) is 9.59 Å². The summed E-state index contributed by atoms with van der Waals surface area (Å²) in [5.41, 5.74) is 1.92. The highest BCUT2D eigenvalue weighted by Crippen LogP contribution is 2.18. The van der Waals surface area contributed by atoms with Gasteiger partial charge in [-0.1, -0.05) is 12.1 Å². The van der Waals surface area contributed by atoms with Crippen molar-refractivity contribution in [2.45, 2.75) is 38.6 Å². The zero-order chi connectivity index (χ0) is 15.1. The van der Waals surface area contributed by atoms with Gasteiger partial charge in [-0.15, -0.1) is 0 Å². The van der Waals surface area contributed by atoms with Gasteiger partial charge in [0.1, 0.15) is 0 Å². The summed E-state index contributed by atoms with van der Waals surface area (Å²) < 4.78 is 0. The van der Waals surface area contributed by atoms with Crippen molar-refractivity contribution < 1.29 is 9.59 Å². The highest BCUT2D eigenvalue weighted by atomic mass is 16.2. The van der Waals surface area contributed by atoms with Crippen LogP contribution in [0.2, 0.25) is 0 Å². The van der Waals surface area contributed by atoms with Gasteiger partial charge in [-0.2, -0.15) is 0 Å². The molecule has 21 heavy (non-hydrogen) atoms. The molecule has 5 nitrogen and oxygen atoms in total. The van der Waals surface area contributed by atoms with Crippen LogP contribution in [0, 0.1) is 6.92 Å². The molecule has 3 N–H and O–H groups in total. The Kier molecular flexibility index (Phi) is 5.75. The second-order valence-electron chi connectivity index (χ2n) is 5.54. The van der Waals surface area contributed by atoms with E-state index in [4.69, 9.17) is 0 Å². The molecule has 1 aliphatic carbocycles. The van der Waals surface area contributed by atoms with Gasteiger partial charge in [-0.25, -0.2) is 0 Å². The van der Waals surface area contributed by atoms with Crippen LogP contribution < -0.4 is 16.0 Å². The lowest BCUT2D eigenvalue weighted by Crippen LogP contribution is -2.30. The monoisotopic (exact) mass is 289 g/mol. The molecule has 2 rings (SSSR count). The summed E-state index contributed by atoms with van der Waals surface area (Å²) in [6.45, 7) is 2.91. The smallest absolute Gasteiger partial charge is 0.238 e. The highest BCUT2D eigenvalue weighted by molar-refractivity contribution is 5.92. The Morgan fingerprint density at radius 2 is 2.05 bits per heavy atom. The molecular weight excluding hydrogens is 266 g/mol. The summed E-state index contributed by atoms with van der Waals surface area (Å²) in [5, 5.41) is 8.83. The molecule has 5 heteroatoms. The quantitative estimate of drug-likeness (QED) is 0.636. The number of carbonyl (C=O) groups is 2. The van der Waals surface area contributed by atoms with Crippen LogP contribution in [0.25, 0.3) is 0 Å². The number of amides is 2. The van der Waals surface area contributed by atoms with E-state index in [1.807, 2.05) is 31.2 Å². The van der Waals surface area contributed by atoms with Gasteiger partial charge < -0.3 is 16.0 Å². The van der Waals surface area contributed by atoms with E-state index in [9.17, 15) is 9.59 Å². The van der Waals surface area contributed by atoms with Crippen LogP contribution in [-0.4, -0.2) is 30.9 Å². The van der Waals surface area contributed by atoms with Gasteiger partial charge in [0.15, 0.2) is 0 Å². The first kappa shape index (κ1) is 15.5. The normalized spacial score (nSPS) is 13.8. The molecule has 2 amide bonds. The molecular formula is C16H23N3O2. The molecule has 0 radical (unpaired) electrons. The van der Waals surface area contributed by atoms with Gasteiger partial charge in [0.25, 0.3) is 0 Å². The number of aryl methyl sites for hydroxylation is 1. The number of anilines is 1. The van der Waals surface area contributed by atoms with E-state index in [1.165, 1.54) is 0 Å². The molecule has 0 heterocycles. The van der Waals surface area contributed by atoms with Crippen LogP contribution in [0.15, 0.2) is 24.3 Å². The van der Waals surface area contributed by atoms with Gasteiger partial charge in [-0.05, 0) is 50.4 Å². The highest BCUT2D eigenvalue weighted by Gasteiger charge is 2.22. The third-order valence-corrected chi connectivity index (χ3v) is 3.29. The second-order valence-corrected chi connectivity index (χ2v) is 5.54. The van der Waals surface area contributed by atoms with E-state index in [1.54, 1.807) is 0 Å². The van der Waals surface area contributed by atoms with Crippen LogP contribution in [0.1, 0.15) is 31.2 Å². The molecule has 1 aromatic rings. The van der Waals surface area contributed by atoms with E-state index in [0.717, 1.165) is 30.5 Å². The topological polar surface area (TPSA) is 70.2 Å². The van der Waals surface area contributed by atoms with Crippen LogP contribution in [0.3, 0.4) is 0 Å². The first-order valence-electron chi connectivity index (χ1n) is 7.50. The van der Waals surface area contributed by atoms with Crippen LogP contribution >= 0.6 is 0 Å². The minimum absolute atomic E-state index is 0.0666. The minimum atomic E-state index is -0.0666. The molecule has 0 bridgehead atoms. The summed E-state index contributed by atoms with van der Waals surface area (Å²) in [6, 6.07) is 8.12. The van der Waals surface area contributed by atoms with Gasteiger partial charge in [0, 0.05) is 18.2 Å². The minimum Gasteiger partial charge on any atom is -0.353 e. The van der Waals surface area contributed by atoms with E-state index < -0.39 is 0 Å². The summed E-state index contributed by atoms with van der Waals surface area (Å²) in [5.74, 6) is 0.0477. The average Bonchev–Trinajstić information content (AvgIpc) is 3.22. The summed E-state index contributed by atoms with van der Waals surface area (Å²) >= 11 is 0. The molecule has 1 saturated carbocycles. The SMILES string of the molecule is Cc1cccc(NC(=O)CNCCCC(=O)NC2CC2)c1. The Morgan fingerprint density at radius 1 is 1.24 bits per heavy atom. The summed E-state index contributed by atoms with van der Waals surface area (Å²) in [4.78, 5) is 23.2. The number of carbonyl (C=O) groups excluding carboxylic acids is 2. The zero-order valence-electron chi connectivity index (χ0n) is 12.4. The lowest BCUT2D eigenvalue weighted by molar-refractivity contribution is -0.121. The van der Waals surface area contributed by atoms with Crippen LogP contribution in [-0.2, 0) is 9.59 Å². The maximum Gasteiger partial charge on any atom is 0.238 e. The maximum atomic E-state index is 11.7. The van der Waals surface area contributed by atoms with E-state index in [0.29, 0.717) is 19.0 Å². The molecule has 1 aliphatic rings. The molecule has 1 aromatic carbocycles. The zero-order valence-corrected chi connectivity index (χ0v) is 12.4. The molecule has 114 valence electrons. The number of hydrogen-bond donors (Lipinski definition) is 3. The van der Waals surface area contributed by atoms with Crippen molar-refractivity contribution >= 4 is 17.5 Å². The van der Waals surface area contributed by atoms with Crippen molar-refractivity contribution in [1.82, 2.24) is 10.6 Å². The Hall–Kier alpha value is -1.88. The van der Waals surface area contributed by atoms with Crippen molar-refractivity contribution in [2.24, 2.45) is 0 Å². The molecule has 0 aromatic heterocycles. The Labute approximate surface area is 125 Å². The largest absolute Gasteiger partial charge is 0.353 e. The number of hydrogen-bond acceptors (Lipinski definition) is 3. The lowest BCUT2D eigenvalue weighted by atomic mass is 10.2. The van der Waals surface area contributed by atoms with Crippen molar-refractivity contribution in [2.75, 3.05) is 18.4 Å². The third-order valence-electron chi connectivity index (χ3n) is 3.29. The van der Waals surface area contributed by atoms with Gasteiger partial charge in [0.2, 0.25) is 11.8 Å². The van der Waals surface area contributed by atoms with Crippen molar-refractivity contribution in [3.63, 3.8) is 0 Å². The fraction of sp³-hybridized carbons (Fsp3) is 0.500. The maximum absolute atomic E-state index is 11.7. The fourth-order valence-electron chi connectivity index (χ4n) is 2.03. The Bertz CT molecular complexity index is 498. The molecule has 0 atom stereocenters. The first-order valence-corrected chi connectivity index (χ1v) is 7.50. The van der Waals surface area contributed by atoms with E-state index in [2.05, 4.69) is 16.0 Å². The van der Waals surface area contributed by atoms with E-state index >= 15 is 0 Å². The standard InChI is InChI=1S/C16H23N3O2/c1-12-4-2-5-14(10-12)19-16(21)11-17-9-3-6-15(20)18-13-7-8-13/h2,4-5,10,13,17H,3,6-9,11H2,1H3,(H,18,20)(H,19,21). The predicted molar refractivity (Wildman–Crippen MR) is 83.1 cm³/mol. The number of benzene rings is 1. The molecule has 0 unspecified atom stereocenters. The lowest BCUT2D eigenvalue weighted by Gasteiger charge is -2.07. The van der Waals surface area contributed by atoms with Crippen molar-refractivity contribution in [3.05, 3.63) is 29.8 Å². The first-order chi connectivity index (χ1) is 10.1. The Balaban J connectivity index is 1.53. The third kappa shape index (κ3) is 6.40. The number of nitrogens with one attached hydrogen (secondary N) is 3. The van der Waals surface area contributed by atoms with Crippen molar-refractivity contribution in [1.29, 1.82) is 0 Å². The molecule has 0 saturated heterocycles. The molecule has 1 fully saturated rings. The van der Waals surface area contributed by atoms with Crippen LogP contribution in [0.5, 0.6) is 0 Å². The van der Waals surface area contributed by atoms with Crippen molar-refractivity contribution in [3.8, 4) is 0 Å². The van der Waals surface area contributed by atoms with Gasteiger partial charge in [0.05, 0.1) is 6.54 Å². The second kappa shape index (κ2) is 7.78. The van der Waals surface area contributed by atoms with E-state index in [-0.39, 0.29) is 18.4 Å². The molecule has 0 aliphatic heterocycles. The van der Waals surface area contributed by atoms with Crippen LogP contribution in [0.4, 0.5) is 5.69 Å². The van der Waals surface area contributed by atoms with Gasteiger partial charge >= 0.3 is 0 Å². The summed E-state index contributed by atoms with van der Waals surface area (Å²) in [6.07, 6.45) is 3.49. The predicted octanol–water partition coefficient (Wildman–Crippen LogP) is 1.58. The average molecular weight is 289 g/mol. The Morgan fingerprint density at radius 3 is 2.76 bits per heavy atom. The summed E-state index contributed by atoms with van der Waals surface area (Å²) in [7, 11) is 0. The molecule has 0 spiro atoms. The number of rotatable bonds is 8. The fourth-order valence-corrected chi connectivity index (χ4v) is 2.03.